The van der Waals surface area contributed by atoms with Gasteiger partial charge in [-0.15, -0.1) is 11.3 Å². The van der Waals surface area contributed by atoms with Crippen LogP contribution in [-0.4, -0.2) is 5.11 Å². The lowest BCUT2D eigenvalue weighted by molar-refractivity contribution is 0.478. The number of halogens is 1. The summed E-state index contributed by atoms with van der Waals surface area (Å²) in [6, 6.07) is 5.83. The number of fused-ring (bicyclic) bond motifs is 1. The van der Waals surface area contributed by atoms with Crippen LogP contribution >= 0.6 is 27.3 Å². The van der Waals surface area contributed by atoms with E-state index in [-0.39, 0.29) is 5.75 Å². The number of hydrogen-bond donors (Lipinski definition) is 1. The van der Waals surface area contributed by atoms with Gasteiger partial charge < -0.3 is 5.11 Å². The Balaban J connectivity index is 2.77. The Morgan fingerprint density at radius 2 is 2.29 bits per heavy atom. The summed E-state index contributed by atoms with van der Waals surface area (Å²) in [6.07, 6.45) is 0.337. The molecular formula is C10H6BrNOS. The molecule has 0 spiro atoms. The molecule has 0 aliphatic heterocycles. The summed E-state index contributed by atoms with van der Waals surface area (Å²) in [4.78, 5) is 0. The van der Waals surface area contributed by atoms with Gasteiger partial charge in [-0.25, -0.2) is 0 Å². The van der Waals surface area contributed by atoms with Gasteiger partial charge in [0.25, 0.3) is 0 Å². The molecule has 1 N–H and O–H groups in total. The molecule has 0 radical (unpaired) electrons. The highest BCUT2D eigenvalue weighted by molar-refractivity contribution is 9.10. The number of rotatable bonds is 1. The lowest BCUT2D eigenvalue weighted by Gasteiger charge is -1.99. The van der Waals surface area contributed by atoms with E-state index >= 15 is 0 Å². The zero-order chi connectivity index (χ0) is 10.1. The predicted octanol–water partition coefficient (Wildman–Crippen LogP) is 3.44. The standard InChI is InChI=1S/C10H6BrNOS/c11-7-1-2-8-9(10(7)13)6(3-4-12)5-14-8/h1-2,5,13H,3H2. The van der Waals surface area contributed by atoms with Crippen molar-refractivity contribution in [1.82, 2.24) is 0 Å². The molecule has 4 heteroatoms. The average Bonchev–Trinajstić information content (AvgIpc) is 2.57. The molecule has 1 aromatic heterocycles. The van der Waals surface area contributed by atoms with Crippen LogP contribution in [0.4, 0.5) is 0 Å². The summed E-state index contributed by atoms with van der Waals surface area (Å²) >= 11 is 4.80. The third-order valence-corrected chi connectivity index (χ3v) is 3.65. The van der Waals surface area contributed by atoms with E-state index in [1.54, 1.807) is 11.3 Å². The molecule has 0 bridgehead atoms. The summed E-state index contributed by atoms with van der Waals surface area (Å²) in [5.41, 5.74) is 0.895. The van der Waals surface area contributed by atoms with Crippen LogP contribution in [0.1, 0.15) is 5.56 Å². The molecule has 0 fully saturated rings. The second kappa shape index (κ2) is 3.60. The topological polar surface area (TPSA) is 44.0 Å². The average molecular weight is 268 g/mol. The summed E-state index contributed by atoms with van der Waals surface area (Å²) < 4.78 is 1.68. The maximum absolute atomic E-state index is 9.80. The number of benzene rings is 1. The highest BCUT2D eigenvalue weighted by Gasteiger charge is 2.10. The molecule has 0 amide bonds. The molecule has 14 heavy (non-hydrogen) atoms. The van der Waals surface area contributed by atoms with Gasteiger partial charge >= 0.3 is 0 Å². The summed E-state index contributed by atoms with van der Waals surface area (Å²) in [5, 5.41) is 21.1. The van der Waals surface area contributed by atoms with Crippen molar-refractivity contribution in [2.75, 3.05) is 0 Å². The van der Waals surface area contributed by atoms with Gasteiger partial charge in [0.2, 0.25) is 0 Å². The normalized spacial score (nSPS) is 10.3. The minimum absolute atomic E-state index is 0.231. The Kier molecular flexibility index (Phi) is 2.44. The van der Waals surface area contributed by atoms with Crippen LogP contribution in [0.5, 0.6) is 5.75 Å². The first-order chi connectivity index (χ1) is 6.74. The van der Waals surface area contributed by atoms with Gasteiger partial charge in [-0.05, 0) is 39.0 Å². The third kappa shape index (κ3) is 1.39. The van der Waals surface area contributed by atoms with Gasteiger partial charge in [0.1, 0.15) is 5.75 Å². The van der Waals surface area contributed by atoms with Crippen LogP contribution < -0.4 is 0 Å². The smallest absolute Gasteiger partial charge is 0.138 e. The fourth-order valence-electron chi connectivity index (χ4n) is 1.36. The van der Waals surface area contributed by atoms with Crippen LogP contribution in [0.25, 0.3) is 10.1 Å². The zero-order valence-corrected chi connectivity index (χ0v) is 9.52. The fourth-order valence-corrected chi connectivity index (χ4v) is 2.66. The molecule has 0 aliphatic rings. The van der Waals surface area contributed by atoms with Gasteiger partial charge in [0, 0.05) is 10.1 Å². The summed E-state index contributed by atoms with van der Waals surface area (Å²) in [5.74, 6) is 0.231. The molecular weight excluding hydrogens is 262 g/mol. The van der Waals surface area contributed by atoms with E-state index in [9.17, 15) is 5.11 Å². The Morgan fingerprint density at radius 1 is 1.50 bits per heavy atom. The molecule has 2 rings (SSSR count). The van der Waals surface area contributed by atoms with Crippen LogP contribution in [0, 0.1) is 11.3 Å². The van der Waals surface area contributed by atoms with Crippen molar-refractivity contribution < 1.29 is 5.11 Å². The van der Waals surface area contributed by atoms with Gasteiger partial charge in [-0.2, -0.15) is 5.26 Å². The van der Waals surface area contributed by atoms with Crippen molar-refractivity contribution >= 4 is 37.4 Å². The first-order valence-corrected chi connectivity index (χ1v) is 5.66. The van der Waals surface area contributed by atoms with Gasteiger partial charge in [-0.3, -0.25) is 0 Å². The monoisotopic (exact) mass is 267 g/mol. The number of hydrogen-bond acceptors (Lipinski definition) is 3. The maximum Gasteiger partial charge on any atom is 0.138 e. The van der Waals surface area contributed by atoms with E-state index in [0.29, 0.717) is 10.9 Å². The second-order valence-corrected chi connectivity index (χ2v) is 4.63. The Bertz CT molecular complexity index is 527. The van der Waals surface area contributed by atoms with E-state index < -0.39 is 0 Å². The number of nitriles is 1. The van der Waals surface area contributed by atoms with Crippen molar-refractivity contribution in [3.63, 3.8) is 0 Å². The second-order valence-electron chi connectivity index (χ2n) is 2.86. The first kappa shape index (κ1) is 9.50. The van der Waals surface area contributed by atoms with Crippen molar-refractivity contribution in [1.29, 1.82) is 5.26 Å². The van der Waals surface area contributed by atoms with Crippen LogP contribution in [-0.2, 0) is 6.42 Å². The lowest BCUT2D eigenvalue weighted by atomic mass is 10.1. The van der Waals surface area contributed by atoms with E-state index in [2.05, 4.69) is 22.0 Å². The van der Waals surface area contributed by atoms with Gasteiger partial charge in [-0.1, -0.05) is 0 Å². The van der Waals surface area contributed by atoms with Crippen molar-refractivity contribution in [2.24, 2.45) is 0 Å². The number of aromatic hydroxyl groups is 1. The summed E-state index contributed by atoms with van der Waals surface area (Å²) in [6.45, 7) is 0. The molecule has 2 nitrogen and oxygen atoms in total. The summed E-state index contributed by atoms with van der Waals surface area (Å²) in [7, 11) is 0. The Morgan fingerprint density at radius 3 is 3.00 bits per heavy atom. The third-order valence-electron chi connectivity index (χ3n) is 2.01. The van der Waals surface area contributed by atoms with Crippen molar-refractivity contribution in [2.45, 2.75) is 6.42 Å². The molecule has 0 unspecified atom stereocenters. The molecule has 0 atom stereocenters. The number of phenols is 1. The largest absolute Gasteiger partial charge is 0.506 e. The van der Waals surface area contributed by atoms with E-state index in [1.165, 1.54) is 0 Å². The number of phenolic OH excluding ortho intramolecular Hbond substituents is 1. The van der Waals surface area contributed by atoms with E-state index in [0.717, 1.165) is 15.6 Å². The molecule has 1 heterocycles. The molecule has 0 saturated carbocycles. The maximum atomic E-state index is 9.80. The van der Waals surface area contributed by atoms with E-state index in [4.69, 9.17) is 5.26 Å². The lowest BCUT2D eigenvalue weighted by Crippen LogP contribution is -1.79. The highest BCUT2D eigenvalue weighted by Crippen LogP contribution is 2.38. The SMILES string of the molecule is N#CCc1csc2ccc(Br)c(O)c12. The minimum Gasteiger partial charge on any atom is -0.506 e. The van der Waals surface area contributed by atoms with Crippen LogP contribution in [0.15, 0.2) is 22.0 Å². The number of nitrogens with zero attached hydrogens (tertiary/aromatic N) is 1. The molecule has 2 aromatic rings. The predicted molar refractivity (Wildman–Crippen MR) is 60.5 cm³/mol. The fraction of sp³-hybridized carbons (Fsp3) is 0.100. The quantitative estimate of drug-likeness (QED) is 0.861. The zero-order valence-electron chi connectivity index (χ0n) is 7.12. The first-order valence-electron chi connectivity index (χ1n) is 3.98. The minimum atomic E-state index is 0.231. The van der Waals surface area contributed by atoms with Crippen molar-refractivity contribution in [3.8, 4) is 11.8 Å². The Hall–Kier alpha value is -1.05. The molecule has 1 aromatic carbocycles. The van der Waals surface area contributed by atoms with Crippen LogP contribution in [0.2, 0.25) is 0 Å². The molecule has 0 aliphatic carbocycles. The van der Waals surface area contributed by atoms with Crippen LogP contribution in [0.3, 0.4) is 0 Å². The van der Waals surface area contributed by atoms with Crippen molar-refractivity contribution in [3.05, 3.63) is 27.5 Å². The highest BCUT2D eigenvalue weighted by atomic mass is 79.9. The Labute approximate surface area is 93.5 Å². The van der Waals surface area contributed by atoms with Gasteiger partial charge in [0.05, 0.1) is 17.0 Å². The molecule has 70 valence electrons. The molecule has 0 saturated heterocycles. The number of thiophene rings is 1. The van der Waals surface area contributed by atoms with Gasteiger partial charge in [0.15, 0.2) is 0 Å². The van der Waals surface area contributed by atoms with E-state index in [1.807, 2.05) is 17.5 Å².